The van der Waals surface area contributed by atoms with Crippen LogP contribution in [-0.2, 0) is 6.18 Å². The number of anilines is 1. The van der Waals surface area contributed by atoms with Crippen LogP contribution in [0.1, 0.15) is 41.6 Å². The Morgan fingerprint density at radius 3 is 2.48 bits per heavy atom. The molecule has 168 valence electrons. The summed E-state index contributed by atoms with van der Waals surface area (Å²) < 4.78 is 43.8. The van der Waals surface area contributed by atoms with E-state index in [1.54, 1.807) is 12.3 Å². The van der Waals surface area contributed by atoms with E-state index >= 15 is 0 Å². The van der Waals surface area contributed by atoms with E-state index in [2.05, 4.69) is 15.6 Å². The second-order valence-corrected chi connectivity index (χ2v) is 8.29. The molecular weight excluding hydrogens is 454 g/mol. The number of ether oxygens (including phenoxy) is 1. The predicted molar refractivity (Wildman–Crippen MR) is 114 cm³/mol. The Hall–Kier alpha value is -2.19. The molecule has 10 heteroatoms. The smallest absolute Gasteiger partial charge is 0.416 e. The molecule has 1 heterocycles. The third-order valence-corrected chi connectivity index (χ3v) is 5.92. The van der Waals surface area contributed by atoms with Crippen LogP contribution in [0, 0.1) is 5.92 Å². The van der Waals surface area contributed by atoms with E-state index in [1.807, 2.05) is 0 Å². The highest BCUT2D eigenvalue weighted by molar-refractivity contribution is 6.33. The number of carbonyl (C=O) groups excluding carboxylic acids is 1. The standard InChI is InChI=1S/C21H22Cl2F3N3O2/c1-31-20-18(23)9-15(11-28-20)27-10-12-2-5-14(6-3-12)29-19(30)16-8-13(21(24,25)26)4-7-17(16)22/h4,7-9,11-12,14,27H,2-3,5-6,10H2,1H3,(H,29,30). The molecule has 31 heavy (non-hydrogen) atoms. The van der Waals surface area contributed by atoms with Crippen LogP contribution in [-0.4, -0.2) is 30.6 Å². The van der Waals surface area contributed by atoms with E-state index < -0.39 is 17.6 Å². The third-order valence-electron chi connectivity index (χ3n) is 5.32. The van der Waals surface area contributed by atoms with Crippen molar-refractivity contribution in [2.45, 2.75) is 37.9 Å². The van der Waals surface area contributed by atoms with Crippen LogP contribution in [0.15, 0.2) is 30.5 Å². The number of pyridine rings is 1. The van der Waals surface area contributed by atoms with Gasteiger partial charge in [0.2, 0.25) is 5.88 Å². The molecular formula is C21H22Cl2F3N3O2. The fourth-order valence-electron chi connectivity index (χ4n) is 3.58. The summed E-state index contributed by atoms with van der Waals surface area (Å²) in [5, 5.41) is 6.54. The molecule has 0 saturated heterocycles. The van der Waals surface area contributed by atoms with Crippen LogP contribution >= 0.6 is 23.2 Å². The number of hydrogen-bond acceptors (Lipinski definition) is 4. The van der Waals surface area contributed by atoms with Crippen LogP contribution in [0.2, 0.25) is 10.0 Å². The van der Waals surface area contributed by atoms with E-state index in [0.29, 0.717) is 16.8 Å². The Bertz CT molecular complexity index is 933. The molecule has 1 aromatic heterocycles. The summed E-state index contributed by atoms with van der Waals surface area (Å²) in [4.78, 5) is 16.6. The minimum Gasteiger partial charge on any atom is -0.480 e. The average molecular weight is 476 g/mol. The molecule has 1 aliphatic rings. The first kappa shape index (κ1) is 23.5. The molecule has 2 aromatic rings. The topological polar surface area (TPSA) is 63.2 Å². The van der Waals surface area contributed by atoms with Crippen molar-refractivity contribution in [3.63, 3.8) is 0 Å². The molecule has 0 spiro atoms. The van der Waals surface area contributed by atoms with Gasteiger partial charge in [-0.25, -0.2) is 4.98 Å². The van der Waals surface area contributed by atoms with Gasteiger partial charge in [-0.3, -0.25) is 4.79 Å². The summed E-state index contributed by atoms with van der Waals surface area (Å²) in [6.07, 6.45) is 0.313. The number of nitrogens with zero attached hydrogens (tertiary/aromatic N) is 1. The van der Waals surface area contributed by atoms with Crippen LogP contribution < -0.4 is 15.4 Å². The minimum atomic E-state index is -4.53. The van der Waals surface area contributed by atoms with Crippen molar-refractivity contribution < 1.29 is 22.7 Å². The lowest BCUT2D eigenvalue weighted by atomic mass is 9.86. The van der Waals surface area contributed by atoms with Crippen molar-refractivity contribution in [1.82, 2.24) is 10.3 Å². The number of carbonyl (C=O) groups is 1. The molecule has 1 amide bonds. The molecule has 0 atom stereocenters. The SMILES string of the molecule is COc1ncc(NCC2CCC(NC(=O)c3cc(C(F)(F)F)ccc3Cl)CC2)cc1Cl. The summed E-state index contributed by atoms with van der Waals surface area (Å²) >= 11 is 12.0. The average Bonchev–Trinajstić information content (AvgIpc) is 2.72. The summed E-state index contributed by atoms with van der Waals surface area (Å²) in [7, 11) is 1.50. The van der Waals surface area contributed by atoms with Gasteiger partial charge in [0, 0.05) is 12.6 Å². The summed E-state index contributed by atoms with van der Waals surface area (Å²) in [6, 6.07) is 4.40. The Morgan fingerprint density at radius 1 is 1.16 bits per heavy atom. The molecule has 1 aromatic carbocycles. The number of hydrogen-bond donors (Lipinski definition) is 2. The normalized spacial score (nSPS) is 19.0. The lowest BCUT2D eigenvalue weighted by Crippen LogP contribution is -2.38. The molecule has 0 bridgehead atoms. The first-order valence-corrected chi connectivity index (χ1v) is 10.5. The van der Waals surface area contributed by atoms with Gasteiger partial charge in [0.05, 0.1) is 35.1 Å². The predicted octanol–water partition coefficient (Wildman–Crippen LogP) is 5.82. The van der Waals surface area contributed by atoms with Crippen molar-refractivity contribution >= 4 is 34.8 Å². The molecule has 3 rings (SSSR count). The number of methoxy groups -OCH3 is 1. The van der Waals surface area contributed by atoms with Crippen molar-refractivity contribution in [2.75, 3.05) is 19.0 Å². The van der Waals surface area contributed by atoms with Crippen LogP contribution in [0.5, 0.6) is 5.88 Å². The number of alkyl halides is 3. The van der Waals surface area contributed by atoms with Gasteiger partial charge < -0.3 is 15.4 Å². The van der Waals surface area contributed by atoms with Gasteiger partial charge in [0.1, 0.15) is 5.02 Å². The number of aromatic nitrogens is 1. The second-order valence-electron chi connectivity index (χ2n) is 7.48. The van der Waals surface area contributed by atoms with Gasteiger partial charge >= 0.3 is 6.18 Å². The van der Waals surface area contributed by atoms with Crippen LogP contribution in [0.25, 0.3) is 0 Å². The summed E-state index contributed by atoms with van der Waals surface area (Å²) in [5.74, 6) is 0.173. The fourth-order valence-corrected chi connectivity index (χ4v) is 4.03. The maximum atomic E-state index is 12.9. The monoisotopic (exact) mass is 475 g/mol. The van der Waals surface area contributed by atoms with Crippen LogP contribution in [0.3, 0.4) is 0 Å². The van der Waals surface area contributed by atoms with Gasteiger partial charge in [-0.05, 0) is 55.9 Å². The highest BCUT2D eigenvalue weighted by Crippen LogP contribution is 2.32. The van der Waals surface area contributed by atoms with Gasteiger partial charge in [-0.15, -0.1) is 0 Å². The number of benzene rings is 1. The molecule has 2 N–H and O–H groups in total. The highest BCUT2D eigenvalue weighted by Gasteiger charge is 2.32. The number of amides is 1. The molecule has 5 nitrogen and oxygen atoms in total. The molecule has 0 aliphatic heterocycles. The van der Waals surface area contributed by atoms with Gasteiger partial charge in [-0.2, -0.15) is 13.2 Å². The number of halogens is 5. The number of nitrogens with one attached hydrogen (secondary N) is 2. The number of rotatable bonds is 6. The first-order chi connectivity index (χ1) is 14.7. The summed E-state index contributed by atoms with van der Waals surface area (Å²) in [6.45, 7) is 0.727. The van der Waals surface area contributed by atoms with Crippen molar-refractivity contribution in [2.24, 2.45) is 5.92 Å². The first-order valence-electron chi connectivity index (χ1n) is 9.78. The second kappa shape index (κ2) is 9.96. The molecule has 1 fully saturated rings. The third kappa shape index (κ3) is 6.17. The maximum Gasteiger partial charge on any atom is 0.416 e. The van der Waals surface area contributed by atoms with Gasteiger partial charge in [0.15, 0.2) is 0 Å². The van der Waals surface area contributed by atoms with E-state index in [1.165, 1.54) is 7.11 Å². The maximum absolute atomic E-state index is 12.9. The fraction of sp³-hybridized carbons (Fsp3) is 0.429. The van der Waals surface area contributed by atoms with Gasteiger partial charge in [-0.1, -0.05) is 23.2 Å². The minimum absolute atomic E-state index is 0.00449. The summed E-state index contributed by atoms with van der Waals surface area (Å²) in [5.41, 5.74) is -0.269. The molecule has 0 radical (unpaired) electrons. The lowest BCUT2D eigenvalue weighted by molar-refractivity contribution is -0.137. The zero-order chi connectivity index (χ0) is 22.6. The zero-order valence-corrected chi connectivity index (χ0v) is 18.2. The zero-order valence-electron chi connectivity index (χ0n) is 16.7. The quantitative estimate of drug-likeness (QED) is 0.552. The highest BCUT2D eigenvalue weighted by atomic mass is 35.5. The Labute approximate surface area is 188 Å². The van der Waals surface area contributed by atoms with E-state index in [0.717, 1.165) is 56.1 Å². The van der Waals surface area contributed by atoms with Crippen LogP contribution in [0.4, 0.5) is 18.9 Å². The van der Waals surface area contributed by atoms with Crippen molar-refractivity contribution in [1.29, 1.82) is 0 Å². The lowest BCUT2D eigenvalue weighted by Gasteiger charge is -2.29. The van der Waals surface area contributed by atoms with Crippen molar-refractivity contribution in [3.05, 3.63) is 51.6 Å². The Balaban J connectivity index is 1.50. The van der Waals surface area contributed by atoms with Crippen molar-refractivity contribution in [3.8, 4) is 5.88 Å². The van der Waals surface area contributed by atoms with Gasteiger partial charge in [0.25, 0.3) is 5.91 Å². The largest absolute Gasteiger partial charge is 0.480 e. The molecule has 1 aliphatic carbocycles. The Morgan fingerprint density at radius 2 is 1.87 bits per heavy atom. The van der Waals surface area contributed by atoms with E-state index in [9.17, 15) is 18.0 Å². The molecule has 0 unspecified atom stereocenters. The molecule has 1 saturated carbocycles. The van der Waals surface area contributed by atoms with E-state index in [4.69, 9.17) is 27.9 Å². The van der Waals surface area contributed by atoms with E-state index in [-0.39, 0.29) is 16.6 Å². The Kier molecular flexibility index (Phi) is 7.54.